The third-order valence-electron chi connectivity index (χ3n) is 1.99. The van der Waals surface area contributed by atoms with Crippen molar-refractivity contribution in [2.45, 2.75) is 26.3 Å². The van der Waals surface area contributed by atoms with Crippen molar-refractivity contribution in [3.05, 3.63) is 35.9 Å². The Bertz CT molecular complexity index is 221. The van der Waals surface area contributed by atoms with Crippen molar-refractivity contribution in [1.29, 1.82) is 0 Å². The highest BCUT2D eigenvalue weighted by atomic mass is 15.4. The molecule has 0 amide bonds. The Hall–Kier alpha value is -0.860. The van der Waals surface area contributed by atoms with Gasteiger partial charge in [0.25, 0.3) is 0 Å². The summed E-state index contributed by atoms with van der Waals surface area (Å²) < 4.78 is 0. The number of hydrazine groups is 1. The summed E-state index contributed by atoms with van der Waals surface area (Å²) in [5, 5.41) is 0. The van der Waals surface area contributed by atoms with Gasteiger partial charge in [0.15, 0.2) is 0 Å². The molecule has 0 aliphatic carbocycles. The second-order valence-electron chi connectivity index (χ2n) is 3.20. The Balaban J connectivity index is 2.35. The van der Waals surface area contributed by atoms with Crippen LogP contribution in [0.4, 0.5) is 0 Å². The number of nitrogens with one attached hydrogen (secondary N) is 2. The van der Waals surface area contributed by atoms with Crippen LogP contribution >= 0.6 is 0 Å². The third kappa shape index (κ3) is 3.57. The van der Waals surface area contributed by atoms with Gasteiger partial charge in [-0.25, -0.2) is 0 Å². The SMILES string of the molecule is CCCNNC(C)c1ccccc1. The molecule has 1 unspecified atom stereocenters. The van der Waals surface area contributed by atoms with Gasteiger partial charge in [-0.1, -0.05) is 37.3 Å². The maximum Gasteiger partial charge on any atom is 0.0434 e. The molecule has 0 radical (unpaired) electrons. The summed E-state index contributed by atoms with van der Waals surface area (Å²) in [5.74, 6) is 0. The van der Waals surface area contributed by atoms with Crippen molar-refractivity contribution in [3.8, 4) is 0 Å². The van der Waals surface area contributed by atoms with Crippen LogP contribution in [-0.4, -0.2) is 6.54 Å². The van der Waals surface area contributed by atoms with E-state index in [1.54, 1.807) is 0 Å². The molecule has 1 rings (SSSR count). The molecule has 0 saturated heterocycles. The average Bonchev–Trinajstić information content (AvgIpc) is 2.19. The zero-order valence-electron chi connectivity index (χ0n) is 8.38. The van der Waals surface area contributed by atoms with E-state index >= 15 is 0 Å². The molecule has 0 aromatic heterocycles. The van der Waals surface area contributed by atoms with Crippen LogP contribution in [0.3, 0.4) is 0 Å². The van der Waals surface area contributed by atoms with Gasteiger partial charge in [0.1, 0.15) is 0 Å². The van der Waals surface area contributed by atoms with Gasteiger partial charge >= 0.3 is 0 Å². The number of rotatable bonds is 5. The molecular formula is C11H18N2. The van der Waals surface area contributed by atoms with Gasteiger partial charge in [0.2, 0.25) is 0 Å². The van der Waals surface area contributed by atoms with Crippen LogP contribution in [0.15, 0.2) is 30.3 Å². The first-order valence-corrected chi connectivity index (χ1v) is 4.88. The lowest BCUT2D eigenvalue weighted by Gasteiger charge is -2.14. The molecule has 2 N–H and O–H groups in total. The van der Waals surface area contributed by atoms with Gasteiger partial charge in [-0.3, -0.25) is 10.9 Å². The minimum atomic E-state index is 0.368. The maximum atomic E-state index is 3.25. The molecule has 0 fully saturated rings. The highest BCUT2D eigenvalue weighted by molar-refractivity contribution is 5.17. The predicted octanol–water partition coefficient (Wildman–Crippen LogP) is 2.25. The highest BCUT2D eigenvalue weighted by Crippen LogP contribution is 2.09. The summed E-state index contributed by atoms with van der Waals surface area (Å²) in [6, 6.07) is 10.8. The first-order chi connectivity index (χ1) is 6.34. The van der Waals surface area contributed by atoms with E-state index in [9.17, 15) is 0 Å². The number of hydrogen-bond donors (Lipinski definition) is 2. The van der Waals surface area contributed by atoms with E-state index in [0.29, 0.717) is 6.04 Å². The summed E-state index contributed by atoms with van der Waals surface area (Å²) >= 11 is 0. The molecule has 1 aromatic carbocycles. The van der Waals surface area contributed by atoms with Crippen molar-refractivity contribution >= 4 is 0 Å². The van der Waals surface area contributed by atoms with E-state index in [0.717, 1.165) is 13.0 Å². The Morgan fingerprint density at radius 1 is 1.23 bits per heavy atom. The van der Waals surface area contributed by atoms with Crippen LogP contribution in [0.25, 0.3) is 0 Å². The van der Waals surface area contributed by atoms with Crippen LogP contribution < -0.4 is 10.9 Å². The fourth-order valence-electron chi connectivity index (χ4n) is 1.18. The molecule has 0 spiro atoms. The van der Waals surface area contributed by atoms with Crippen molar-refractivity contribution in [1.82, 2.24) is 10.9 Å². The average molecular weight is 178 g/mol. The van der Waals surface area contributed by atoms with E-state index in [-0.39, 0.29) is 0 Å². The molecule has 0 heterocycles. The molecule has 0 saturated carbocycles. The van der Waals surface area contributed by atoms with Gasteiger partial charge in [0.05, 0.1) is 0 Å². The first-order valence-electron chi connectivity index (χ1n) is 4.88. The van der Waals surface area contributed by atoms with Gasteiger partial charge in [0, 0.05) is 12.6 Å². The zero-order chi connectivity index (χ0) is 9.52. The molecule has 13 heavy (non-hydrogen) atoms. The summed E-state index contributed by atoms with van der Waals surface area (Å²) in [6.45, 7) is 5.32. The summed E-state index contributed by atoms with van der Waals surface area (Å²) in [4.78, 5) is 0. The van der Waals surface area contributed by atoms with Crippen molar-refractivity contribution in [3.63, 3.8) is 0 Å². The normalized spacial score (nSPS) is 12.8. The van der Waals surface area contributed by atoms with Gasteiger partial charge in [-0.2, -0.15) is 0 Å². The Labute approximate surface area is 80.3 Å². The predicted molar refractivity (Wildman–Crippen MR) is 56.3 cm³/mol. The Morgan fingerprint density at radius 3 is 2.54 bits per heavy atom. The molecule has 0 bridgehead atoms. The third-order valence-corrected chi connectivity index (χ3v) is 1.99. The fraction of sp³-hybridized carbons (Fsp3) is 0.455. The van der Waals surface area contributed by atoms with E-state index in [4.69, 9.17) is 0 Å². The second-order valence-corrected chi connectivity index (χ2v) is 3.20. The van der Waals surface area contributed by atoms with Gasteiger partial charge in [-0.15, -0.1) is 0 Å². The summed E-state index contributed by atoms with van der Waals surface area (Å²) in [7, 11) is 0. The van der Waals surface area contributed by atoms with Gasteiger partial charge < -0.3 is 0 Å². The van der Waals surface area contributed by atoms with Gasteiger partial charge in [-0.05, 0) is 18.9 Å². The Kier molecular flexibility index (Phi) is 4.50. The number of benzene rings is 1. The van der Waals surface area contributed by atoms with E-state index in [1.807, 2.05) is 6.07 Å². The molecular weight excluding hydrogens is 160 g/mol. The lowest BCUT2D eigenvalue weighted by Crippen LogP contribution is -2.34. The zero-order valence-corrected chi connectivity index (χ0v) is 8.38. The molecule has 1 aromatic rings. The van der Waals surface area contributed by atoms with Crippen LogP contribution in [0.5, 0.6) is 0 Å². The van der Waals surface area contributed by atoms with Crippen molar-refractivity contribution < 1.29 is 0 Å². The van der Waals surface area contributed by atoms with Crippen LogP contribution in [0.2, 0.25) is 0 Å². The topological polar surface area (TPSA) is 24.1 Å². The molecule has 2 nitrogen and oxygen atoms in total. The minimum Gasteiger partial charge on any atom is -0.257 e. The van der Waals surface area contributed by atoms with Crippen molar-refractivity contribution in [2.75, 3.05) is 6.54 Å². The molecule has 0 aliphatic rings. The quantitative estimate of drug-likeness (QED) is 0.534. The smallest absolute Gasteiger partial charge is 0.0434 e. The number of hydrogen-bond acceptors (Lipinski definition) is 2. The van der Waals surface area contributed by atoms with Crippen LogP contribution in [0.1, 0.15) is 31.9 Å². The summed E-state index contributed by atoms with van der Waals surface area (Å²) in [6.07, 6.45) is 1.15. The minimum absolute atomic E-state index is 0.368. The van der Waals surface area contributed by atoms with Crippen LogP contribution in [0, 0.1) is 0 Å². The largest absolute Gasteiger partial charge is 0.257 e. The van der Waals surface area contributed by atoms with E-state index < -0.39 is 0 Å². The molecule has 1 atom stereocenters. The lowest BCUT2D eigenvalue weighted by molar-refractivity contribution is 0.462. The van der Waals surface area contributed by atoms with Crippen LogP contribution in [-0.2, 0) is 0 Å². The monoisotopic (exact) mass is 178 g/mol. The Morgan fingerprint density at radius 2 is 1.92 bits per heavy atom. The van der Waals surface area contributed by atoms with Crippen molar-refractivity contribution in [2.24, 2.45) is 0 Å². The molecule has 2 heteroatoms. The maximum absolute atomic E-state index is 3.25. The van der Waals surface area contributed by atoms with E-state index in [1.165, 1.54) is 5.56 Å². The standard InChI is InChI=1S/C11H18N2/c1-3-9-12-13-10(2)11-7-5-4-6-8-11/h4-8,10,12-13H,3,9H2,1-2H3. The fourth-order valence-corrected chi connectivity index (χ4v) is 1.18. The first kappa shape index (κ1) is 10.2. The second kappa shape index (κ2) is 5.73. The lowest BCUT2D eigenvalue weighted by atomic mass is 10.1. The highest BCUT2D eigenvalue weighted by Gasteiger charge is 2.01. The van der Waals surface area contributed by atoms with E-state index in [2.05, 4.69) is 49.0 Å². The molecule has 0 aliphatic heterocycles. The molecule has 72 valence electrons. The summed E-state index contributed by atoms with van der Waals surface area (Å²) in [5.41, 5.74) is 7.74.